The van der Waals surface area contributed by atoms with Crippen LogP contribution in [0, 0.1) is 6.92 Å². The first kappa shape index (κ1) is 15.5. The summed E-state index contributed by atoms with van der Waals surface area (Å²) in [5, 5.41) is 7.69. The quantitative estimate of drug-likeness (QED) is 0.735. The van der Waals surface area contributed by atoms with Gasteiger partial charge in [0.05, 0.1) is 17.3 Å². The normalized spacial score (nSPS) is 17.8. The van der Waals surface area contributed by atoms with E-state index in [1.54, 1.807) is 6.20 Å². The molecule has 4 heterocycles. The SMILES string of the molecule is Cc1cnc(C(=O)N2CCC[C@@H](c3ccc4c(N)[nH]nc4n3)C2)cn1. The Balaban J connectivity index is 1.55. The third-order valence-corrected chi connectivity index (χ3v) is 4.60. The molecule has 0 aromatic carbocycles. The molecule has 1 saturated heterocycles. The molecule has 1 aliphatic rings. The molecule has 0 radical (unpaired) electrons. The van der Waals surface area contributed by atoms with Crippen LogP contribution in [0.1, 0.15) is 40.6 Å². The summed E-state index contributed by atoms with van der Waals surface area (Å²) in [6.45, 7) is 3.19. The fraction of sp³-hybridized carbons (Fsp3) is 0.353. The van der Waals surface area contributed by atoms with Gasteiger partial charge < -0.3 is 10.6 Å². The average molecular weight is 337 g/mol. The maximum atomic E-state index is 12.7. The molecule has 8 heteroatoms. The average Bonchev–Trinajstić information content (AvgIpc) is 3.02. The lowest BCUT2D eigenvalue weighted by atomic mass is 9.94. The van der Waals surface area contributed by atoms with Gasteiger partial charge in [-0.3, -0.25) is 14.9 Å². The number of H-pyrrole nitrogens is 1. The summed E-state index contributed by atoms with van der Waals surface area (Å²) in [4.78, 5) is 27.5. The summed E-state index contributed by atoms with van der Waals surface area (Å²) in [5.41, 5.74) is 8.55. The predicted molar refractivity (Wildman–Crippen MR) is 92.9 cm³/mol. The highest BCUT2D eigenvalue weighted by Gasteiger charge is 2.27. The maximum Gasteiger partial charge on any atom is 0.274 e. The molecular formula is C17H19N7O. The van der Waals surface area contributed by atoms with Gasteiger partial charge in [-0.1, -0.05) is 0 Å². The summed E-state index contributed by atoms with van der Waals surface area (Å²) >= 11 is 0. The lowest BCUT2D eigenvalue weighted by molar-refractivity contribution is 0.0699. The van der Waals surface area contributed by atoms with E-state index in [4.69, 9.17) is 5.73 Å². The van der Waals surface area contributed by atoms with E-state index < -0.39 is 0 Å². The zero-order valence-electron chi connectivity index (χ0n) is 13.9. The number of aromatic nitrogens is 5. The van der Waals surface area contributed by atoms with E-state index in [-0.39, 0.29) is 11.8 Å². The summed E-state index contributed by atoms with van der Waals surface area (Å²) in [6, 6.07) is 3.90. The zero-order valence-corrected chi connectivity index (χ0v) is 13.9. The Kier molecular flexibility index (Phi) is 3.79. The van der Waals surface area contributed by atoms with E-state index >= 15 is 0 Å². The molecule has 3 aromatic heterocycles. The number of nitrogens with two attached hydrogens (primary N) is 1. The van der Waals surface area contributed by atoms with Crippen molar-refractivity contribution in [2.45, 2.75) is 25.7 Å². The molecule has 4 rings (SSSR count). The lowest BCUT2D eigenvalue weighted by Crippen LogP contribution is -2.39. The number of nitrogen functional groups attached to an aromatic ring is 1. The van der Waals surface area contributed by atoms with Crippen molar-refractivity contribution in [3.63, 3.8) is 0 Å². The Morgan fingerprint density at radius 3 is 3.00 bits per heavy atom. The van der Waals surface area contributed by atoms with E-state index in [1.807, 2.05) is 24.0 Å². The van der Waals surface area contributed by atoms with Crippen molar-refractivity contribution in [3.8, 4) is 0 Å². The Morgan fingerprint density at radius 2 is 2.20 bits per heavy atom. The Labute approximate surface area is 144 Å². The first-order chi connectivity index (χ1) is 12.1. The van der Waals surface area contributed by atoms with E-state index in [0.29, 0.717) is 23.7 Å². The third-order valence-electron chi connectivity index (χ3n) is 4.60. The van der Waals surface area contributed by atoms with Crippen molar-refractivity contribution in [2.24, 2.45) is 0 Å². The summed E-state index contributed by atoms with van der Waals surface area (Å²) < 4.78 is 0. The molecule has 3 aromatic rings. The Morgan fingerprint density at radius 1 is 1.32 bits per heavy atom. The number of carbonyl (C=O) groups excluding carboxylic acids is 1. The first-order valence-corrected chi connectivity index (χ1v) is 8.30. The molecule has 1 atom stereocenters. The fourth-order valence-electron chi connectivity index (χ4n) is 3.23. The number of piperidine rings is 1. The largest absolute Gasteiger partial charge is 0.384 e. The minimum absolute atomic E-state index is 0.0812. The van der Waals surface area contributed by atoms with Crippen molar-refractivity contribution >= 4 is 22.8 Å². The van der Waals surface area contributed by atoms with Crippen LogP contribution in [0.3, 0.4) is 0 Å². The molecular weight excluding hydrogens is 318 g/mol. The van der Waals surface area contributed by atoms with Crippen LogP contribution in [0.2, 0.25) is 0 Å². The van der Waals surface area contributed by atoms with Crippen LogP contribution in [-0.2, 0) is 0 Å². The number of fused-ring (bicyclic) bond motifs is 1. The van der Waals surface area contributed by atoms with Gasteiger partial charge in [0.1, 0.15) is 11.5 Å². The number of pyridine rings is 1. The molecule has 0 unspecified atom stereocenters. The van der Waals surface area contributed by atoms with Crippen LogP contribution in [0.4, 0.5) is 5.82 Å². The molecule has 25 heavy (non-hydrogen) atoms. The van der Waals surface area contributed by atoms with E-state index in [2.05, 4.69) is 25.1 Å². The summed E-state index contributed by atoms with van der Waals surface area (Å²) in [6.07, 6.45) is 5.07. The molecule has 1 fully saturated rings. The minimum Gasteiger partial charge on any atom is -0.384 e. The molecule has 1 aliphatic heterocycles. The number of amides is 1. The van der Waals surface area contributed by atoms with E-state index in [0.717, 1.165) is 36.2 Å². The summed E-state index contributed by atoms with van der Waals surface area (Å²) in [7, 11) is 0. The Hall–Kier alpha value is -3.03. The number of aryl methyl sites for hydroxylation is 1. The number of anilines is 1. The molecule has 1 amide bonds. The smallest absolute Gasteiger partial charge is 0.274 e. The minimum atomic E-state index is -0.0812. The number of aromatic amines is 1. The molecule has 128 valence electrons. The highest BCUT2D eigenvalue weighted by molar-refractivity contribution is 5.92. The van der Waals surface area contributed by atoms with Crippen LogP contribution in [0.5, 0.6) is 0 Å². The number of hydrogen-bond donors (Lipinski definition) is 2. The molecule has 0 saturated carbocycles. The molecule has 0 spiro atoms. The standard InChI is InChI=1S/C17H19N7O/c1-10-7-20-14(8-19-10)17(25)24-6-2-3-11(9-24)13-5-4-12-15(18)22-23-16(12)21-13/h4-5,7-8,11H,2-3,6,9H2,1H3,(H3,18,21,22,23)/t11-/m1/s1. The second-order valence-electron chi connectivity index (χ2n) is 6.38. The number of likely N-dealkylation sites (tertiary alicyclic amines) is 1. The molecule has 0 bridgehead atoms. The highest BCUT2D eigenvalue weighted by Crippen LogP contribution is 2.28. The van der Waals surface area contributed by atoms with Gasteiger partial charge in [0.2, 0.25) is 0 Å². The van der Waals surface area contributed by atoms with Crippen LogP contribution in [-0.4, -0.2) is 49.0 Å². The van der Waals surface area contributed by atoms with Gasteiger partial charge in [-0.2, -0.15) is 5.10 Å². The van der Waals surface area contributed by atoms with Crippen LogP contribution in [0.15, 0.2) is 24.5 Å². The number of rotatable bonds is 2. The van der Waals surface area contributed by atoms with Crippen LogP contribution < -0.4 is 5.73 Å². The van der Waals surface area contributed by atoms with Crippen molar-refractivity contribution in [1.29, 1.82) is 0 Å². The number of nitrogens with zero attached hydrogens (tertiary/aromatic N) is 5. The third kappa shape index (κ3) is 2.90. The van der Waals surface area contributed by atoms with Gasteiger partial charge in [0, 0.05) is 30.9 Å². The van der Waals surface area contributed by atoms with Crippen molar-refractivity contribution in [2.75, 3.05) is 18.8 Å². The highest BCUT2D eigenvalue weighted by atomic mass is 16.2. The van der Waals surface area contributed by atoms with Gasteiger partial charge >= 0.3 is 0 Å². The zero-order chi connectivity index (χ0) is 17.4. The second kappa shape index (κ2) is 6.12. The maximum absolute atomic E-state index is 12.7. The van der Waals surface area contributed by atoms with Crippen molar-refractivity contribution < 1.29 is 4.79 Å². The second-order valence-corrected chi connectivity index (χ2v) is 6.38. The predicted octanol–water partition coefficient (Wildman–Crippen LogP) is 1.66. The molecule has 8 nitrogen and oxygen atoms in total. The van der Waals surface area contributed by atoms with Gasteiger partial charge in [0.15, 0.2) is 5.65 Å². The van der Waals surface area contributed by atoms with Crippen molar-refractivity contribution in [3.05, 3.63) is 41.6 Å². The van der Waals surface area contributed by atoms with E-state index in [9.17, 15) is 4.79 Å². The van der Waals surface area contributed by atoms with Gasteiger partial charge in [-0.25, -0.2) is 9.97 Å². The lowest BCUT2D eigenvalue weighted by Gasteiger charge is -2.32. The van der Waals surface area contributed by atoms with E-state index in [1.165, 1.54) is 6.20 Å². The molecule has 3 N–H and O–H groups in total. The number of carbonyl (C=O) groups is 1. The van der Waals surface area contributed by atoms with Crippen LogP contribution >= 0.6 is 0 Å². The van der Waals surface area contributed by atoms with Gasteiger partial charge in [-0.15, -0.1) is 0 Å². The monoisotopic (exact) mass is 337 g/mol. The van der Waals surface area contributed by atoms with Gasteiger partial charge in [-0.05, 0) is 31.9 Å². The Bertz CT molecular complexity index is 918. The van der Waals surface area contributed by atoms with Crippen molar-refractivity contribution in [1.82, 2.24) is 30.0 Å². The van der Waals surface area contributed by atoms with Gasteiger partial charge in [0.25, 0.3) is 5.91 Å². The number of nitrogens with one attached hydrogen (secondary N) is 1. The topological polar surface area (TPSA) is 114 Å². The van der Waals surface area contributed by atoms with Crippen LogP contribution in [0.25, 0.3) is 11.0 Å². The first-order valence-electron chi connectivity index (χ1n) is 8.30. The summed E-state index contributed by atoms with van der Waals surface area (Å²) in [5.74, 6) is 0.619. The fourth-order valence-corrected chi connectivity index (χ4v) is 3.23. The number of hydrogen-bond acceptors (Lipinski definition) is 6. The molecule has 0 aliphatic carbocycles.